The molecule has 5 heteroatoms. The number of urea groups is 1. The topological polar surface area (TPSA) is 32.3 Å². The van der Waals surface area contributed by atoms with Gasteiger partial charge in [-0.15, -0.1) is 22.7 Å². The molecule has 1 unspecified atom stereocenters. The van der Waals surface area contributed by atoms with Crippen LogP contribution in [0, 0.1) is 6.92 Å². The minimum atomic E-state index is -0.0332. The number of rotatable bonds is 2. The maximum absolute atomic E-state index is 12.9. The third kappa shape index (κ3) is 2.85. The number of fused-ring (bicyclic) bond motifs is 1. The van der Waals surface area contributed by atoms with E-state index in [1.165, 1.54) is 20.9 Å². The number of amides is 2. The maximum atomic E-state index is 12.9. The Morgan fingerprint density at radius 1 is 1.12 bits per heavy atom. The summed E-state index contributed by atoms with van der Waals surface area (Å²) in [6.45, 7) is 2.79. The SMILES string of the molecule is Cc1ccc(NC(=O)N2CCc3sccc3C2c2cccs2)cc1. The molecule has 3 heterocycles. The molecule has 2 amide bonds. The molecule has 3 aromatic rings. The van der Waals surface area contributed by atoms with Crippen molar-refractivity contribution in [2.24, 2.45) is 0 Å². The van der Waals surface area contributed by atoms with E-state index in [4.69, 9.17) is 0 Å². The molecule has 0 fully saturated rings. The van der Waals surface area contributed by atoms with Crippen LogP contribution in [0.1, 0.15) is 26.9 Å². The molecule has 0 radical (unpaired) electrons. The van der Waals surface area contributed by atoms with Crippen LogP contribution in [0.2, 0.25) is 0 Å². The standard InChI is InChI=1S/C19H18N2OS2/c1-13-4-6-14(7-5-13)20-19(22)21-10-8-16-15(9-12-24-16)18(21)17-3-2-11-23-17/h2-7,9,11-12,18H,8,10H2,1H3,(H,20,22). The minimum absolute atomic E-state index is 0.0189. The minimum Gasteiger partial charge on any atom is -0.312 e. The predicted molar refractivity (Wildman–Crippen MR) is 101 cm³/mol. The molecule has 0 spiro atoms. The molecule has 0 saturated carbocycles. The Bertz CT molecular complexity index is 837. The van der Waals surface area contributed by atoms with Gasteiger partial charge in [-0.1, -0.05) is 23.8 Å². The van der Waals surface area contributed by atoms with Gasteiger partial charge in [-0.05, 0) is 53.9 Å². The molecule has 122 valence electrons. The zero-order chi connectivity index (χ0) is 16.5. The van der Waals surface area contributed by atoms with Gasteiger partial charge in [-0.3, -0.25) is 0 Å². The van der Waals surface area contributed by atoms with Gasteiger partial charge in [0.1, 0.15) is 0 Å². The monoisotopic (exact) mass is 354 g/mol. The number of hydrogen-bond donors (Lipinski definition) is 1. The molecule has 1 aliphatic rings. The molecular formula is C19H18N2OS2. The Morgan fingerprint density at radius 2 is 1.96 bits per heavy atom. The van der Waals surface area contributed by atoms with Crippen LogP contribution in [-0.2, 0) is 6.42 Å². The number of carbonyl (C=O) groups is 1. The highest BCUT2D eigenvalue weighted by Crippen LogP contribution is 2.39. The first-order valence-electron chi connectivity index (χ1n) is 7.96. The van der Waals surface area contributed by atoms with Gasteiger partial charge in [0.2, 0.25) is 0 Å². The summed E-state index contributed by atoms with van der Waals surface area (Å²) in [6.07, 6.45) is 0.927. The predicted octanol–water partition coefficient (Wildman–Crippen LogP) is 5.30. The number of aryl methyl sites for hydroxylation is 1. The van der Waals surface area contributed by atoms with Gasteiger partial charge >= 0.3 is 6.03 Å². The largest absolute Gasteiger partial charge is 0.322 e. The van der Waals surface area contributed by atoms with Crippen LogP contribution in [-0.4, -0.2) is 17.5 Å². The zero-order valence-electron chi connectivity index (χ0n) is 13.4. The van der Waals surface area contributed by atoms with E-state index in [1.54, 1.807) is 22.7 Å². The maximum Gasteiger partial charge on any atom is 0.322 e. The third-order valence-corrected chi connectivity index (χ3v) is 6.26. The van der Waals surface area contributed by atoms with Crippen molar-refractivity contribution in [3.05, 3.63) is 74.1 Å². The van der Waals surface area contributed by atoms with E-state index in [2.05, 4.69) is 34.3 Å². The highest BCUT2D eigenvalue weighted by Gasteiger charge is 2.33. The second-order valence-corrected chi connectivity index (χ2v) is 7.94. The molecule has 3 nitrogen and oxygen atoms in total. The van der Waals surface area contributed by atoms with Crippen LogP contribution in [0.3, 0.4) is 0 Å². The van der Waals surface area contributed by atoms with Crippen LogP contribution < -0.4 is 5.32 Å². The number of nitrogens with one attached hydrogen (secondary N) is 1. The fourth-order valence-corrected chi connectivity index (χ4v) is 4.88. The molecule has 24 heavy (non-hydrogen) atoms. The van der Waals surface area contributed by atoms with E-state index < -0.39 is 0 Å². The van der Waals surface area contributed by atoms with Gasteiger partial charge in [-0.25, -0.2) is 4.79 Å². The molecule has 1 N–H and O–H groups in total. The van der Waals surface area contributed by atoms with E-state index in [0.717, 1.165) is 18.7 Å². The number of anilines is 1. The molecular weight excluding hydrogens is 336 g/mol. The molecule has 4 rings (SSSR count). The van der Waals surface area contributed by atoms with Crippen molar-refractivity contribution in [2.45, 2.75) is 19.4 Å². The highest BCUT2D eigenvalue weighted by atomic mass is 32.1. The smallest absolute Gasteiger partial charge is 0.312 e. The van der Waals surface area contributed by atoms with Gasteiger partial charge in [0.25, 0.3) is 0 Å². The first-order valence-corrected chi connectivity index (χ1v) is 9.72. The lowest BCUT2D eigenvalue weighted by Gasteiger charge is -2.35. The average molecular weight is 355 g/mol. The number of hydrogen-bond acceptors (Lipinski definition) is 3. The van der Waals surface area contributed by atoms with Gasteiger partial charge in [-0.2, -0.15) is 0 Å². The summed E-state index contributed by atoms with van der Waals surface area (Å²) in [4.78, 5) is 17.5. The molecule has 1 aromatic carbocycles. The van der Waals surface area contributed by atoms with Crippen molar-refractivity contribution in [2.75, 3.05) is 11.9 Å². The normalized spacial score (nSPS) is 16.7. The third-order valence-electron chi connectivity index (χ3n) is 4.34. The van der Waals surface area contributed by atoms with Gasteiger partial charge in [0.05, 0.1) is 6.04 Å². The Labute approximate surface area is 149 Å². The summed E-state index contributed by atoms with van der Waals surface area (Å²) < 4.78 is 0. The Kier molecular flexibility index (Phi) is 4.12. The van der Waals surface area contributed by atoms with Crippen LogP contribution in [0.25, 0.3) is 0 Å². The van der Waals surface area contributed by atoms with Crippen molar-refractivity contribution in [1.29, 1.82) is 0 Å². The number of benzene rings is 1. The Balaban J connectivity index is 1.63. The second-order valence-electron chi connectivity index (χ2n) is 5.96. The van der Waals surface area contributed by atoms with E-state index in [1.807, 2.05) is 36.1 Å². The number of nitrogens with zero attached hydrogens (tertiary/aromatic N) is 1. The summed E-state index contributed by atoms with van der Waals surface area (Å²) in [5.41, 5.74) is 3.30. The lowest BCUT2D eigenvalue weighted by atomic mass is 9.99. The highest BCUT2D eigenvalue weighted by molar-refractivity contribution is 7.10. The van der Waals surface area contributed by atoms with Crippen molar-refractivity contribution < 1.29 is 4.79 Å². The average Bonchev–Trinajstić information content (AvgIpc) is 3.27. The Morgan fingerprint density at radius 3 is 2.71 bits per heavy atom. The van der Waals surface area contributed by atoms with E-state index in [9.17, 15) is 4.79 Å². The summed E-state index contributed by atoms with van der Waals surface area (Å²) >= 11 is 3.50. The zero-order valence-corrected chi connectivity index (χ0v) is 15.0. The van der Waals surface area contributed by atoms with E-state index in [-0.39, 0.29) is 12.1 Å². The lowest BCUT2D eigenvalue weighted by molar-refractivity contribution is 0.195. The van der Waals surface area contributed by atoms with Crippen LogP contribution >= 0.6 is 22.7 Å². The molecule has 0 bridgehead atoms. The van der Waals surface area contributed by atoms with Crippen molar-refractivity contribution in [1.82, 2.24) is 4.90 Å². The van der Waals surface area contributed by atoms with Gasteiger partial charge in [0.15, 0.2) is 0 Å². The van der Waals surface area contributed by atoms with Crippen LogP contribution in [0.4, 0.5) is 10.5 Å². The van der Waals surface area contributed by atoms with Crippen LogP contribution in [0.15, 0.2) is 53.2 Å². The van der Waals surface area contributed by atoms with Crippen molar-refractivity contribution in [3.63, 3.8) is 0 Å². The first-order chi connectivity index (χ1) is 11.7. The van der Waals surface area contributed by atoms with Crippen molar-refractivity contribution in [3.8, 4) is 0 Å². The first kappa shape index (κ1) is 15.4. The fraction of sp³-hybridized carbons (Fsp3) is 0.211. The van der Waals surface area contributed by atoms with Gasteiger partial charge in [0, 0.05) is 22.0 Å². The van der Waals surface area contributed by atoms with E-state index >= 15 is 0 Å². The number of thiophene rings is 2. The number of carbonyl (C=O) groups excluding carboxylic acids is 1. The van der Waals surface area contributed by atoms with Crippen LogP contribution in [0.5, 0.6) is 0 Å². The second kappa shape index (κ2) is 6.42. The molecule has 0 saturated heterocycles. The molecule has 0 aliphatic carbocycles. The quantitative estimate of drug-likeness (QED) is 0.665. The van der Waals surface area contributed by atoms with Gasteiger partial charge < -0.3 is 10.2 Å². The Hall–Kier alpha value is -2.11. The fourth-order valence-electron chi connectivity index (χ4n) is 3.12. The summed E-state index contributed by atoms with van der Waals surface area (Å²) in [5, 5.41) is 7.26. The summed E-state index contributed by atoms with van der Waals surface area (Å²) in [6, 6.07) is 14.3. The summed E-state index contributed by atoms with van der Waals surface area (Å²) in [7, 11) is 0. The molecule has 1 atom stereocenters. The summed E-state index contributed by atoms with van der Waals surface area (Å²) in [5.74, 6) is 0. The van der Waals surface area contributed by atoms with Crippen molar-refractivity contribution >= 4 is 34.4 Å². The molecule has 1 aliphatic heterocycles. The van der Waals surface area contributed by atoms with E-state index in [0.29, 0.717) is 0 Å². The lowest BCUT2D eigenvalue weighted by Crippen LogP contribution is -2.42. The molecule has 2 aromatic heterocycles.